The molecule has 0 unspecified atom stereocenters. The molecule has 5 aliphatic rings. The van der Waals surface area contributed by atoms with Gasteiger partial charge in [0.15, 0.2) is 17.6 Å². The van der Waals surface area contributed by atoms with Crippen LogP contribution in [0, 0.1) is 11.8 Å². The number of Topliss-reactive ketones (excluding diaryl/α,β-unsaturated/α-hetero) is 1. The number of esters is 1. The number of nitrogens with zero attached hydrogens (tertiary/aromatic N) is 2. The van der Waals surface area contributed by atoms with Crippen molar-refractivity contribution in [2.45, 2.75) is 208 Å². The number of nitrogens with two attached hydrogens (primary N) is 2. The van der Waals surface area contributed by atoms with Crippen LogP contribution in [0.2, 0.25) is 5.02 Å². The summed E-state index contributed by atoms with van der Waals surface area (Å²) in [6, 6.07) is 4.46. The number of methoxy groups -OCH3 is 2. The first kappa shape index (κ1) is 95.0. The molecule has 18 atom stereocenters. The predicted octanol–water partition coefficient (Wildman–Crippen LogP) is 3.45. The van der Waals surface area contributed by atoms with E-state index in [0.29, 0.717) is 36.1 Å². The standard InChI is InChI=1S/C80H108ClN11O22S4/c1-41-16-15-20-62(111-10)80(109)37-61(112-78(108)90-80)42(2)69-79(6,114-69)63(36-65(98)92(8)58-32-47(30-41)33-60(110-9)66(58)81)113-77(107)43(3)91(7)64(97)27-29-115-116-38-53(83)71(100)86-56-39-117-118-40-57(74(103)89-68(45(5)94)76(105)106)87-75(104)67(44(4)93)88-72(101)54(19-13-14-28-82)84-73(102)55(34-49-24-23-48-17-11-12-18-52(48)49)85-70(99)50(35-59(56)96)31-46-21-25-51(95)26-22-46/h11-12,15-18,20-22,24-26,32-33,42-45,50,53-57,61-63,67-69,93-95,109H,13-14,19,23,27-31,34-40,82-83H2,1-10H3,(H,84,102)(H,85,99)(H,86,100)(H,87,104)(H,88,101)(H,89,103)(H,90,108)(H,105,106)/b20-15+,41-16+/t42-,43+,44-,45-,50-,53-,54+,55-,56+,57+,61+,62-,63+,67+,68+,69+,79+,80+/m1/s1. The Morgan fingerprint density at radius 3 is 2.26 bits per heavy atom. The highest BCUT2D eigenvalue weighted by molar-refractivity contribution is 8.77. The topological polar surface area (TPSA) is 498 Å². The van der Waals surface area contributed by atoms with Crippen molar-refractivity contribution in [2.24, 2.45) is 23.3 Å². The number of carbonyl (C=O) groups is 12. The maximum absolute atomic E-state index is 15.2. The van der Waals surface area contributed by atoms with E-state index in [1.807, 2.05) is 43.3 Å². The number of aliphatic hydroxyl groups is 3. The van der Waals surface area contributed by atoms with Crippen molar-refractivity contribution in [1.29, 1.82) is 0 Å². The lowest BCUT2D eigenvalue weighted by Crippen LogP contribution is -2.63. The van der Waals surface area contributed by atoms with Gasteiger partial charge in [0.2, 0.25) is 47.3 Å². The highest BCUT2D eigenvalue weighted by Crippen LogP contribution is 2.50. The molecule has 4 bridgehead atoms. The van der Waals surface area contributed by atoms with E-state index in [1.54, 1.807) is 38.1 Å². The Hall–Kier alpha value is -8.47. The normalized spacial score (nSPS) is 27.7. The number of rotatable bonds is 26. The van der Waals surface area contributed by atoms with Crippen molar-refractivity contribution in [1.82, 2.24) is 42.1 Å². The van der Waals surface area contributed by atoms with Gasteiger partial charge in [0, 0.05) is 81.7 Å². The van der Waals surface area contributed by atoms with Crippen LogP contribution in [0.4, 0.5) is 10.5 Å². The van der Waals surface area contributed by atoms with Crippen LogP contribution < -0.4 is 58.3 Å². The third-order valence-corrected chi connectivity index (χ3v) is 26.6. The molecule has 3 fully saturated rings. The van der Waals surface area contributed by atoms with E-state index in [9.17, 15) is 73.5 Å². The molecule has 3 aromatic carbocycles. The van der Waals surface area contributed by atoms with E-state index in [-0.39, 0.29) is 78.8 Å². The Balaban J connectivity index is 0.990. The molecule has 0 radical (unpaired) electrons. The van der Waals surface area contributed by atoms with Gasteiger partial charge in [-0.1, -0.05) is 128 Å². The highest BCUT2D eigenvalue weighted by atomic mass is 35.5. The van der Waals surface area contributed by atoms with E-state index < -0.39 is 198 Å². The van der Waals surface area contributed by atoms with E-state index in [1.165, 1.54) is 76.2 Å². The number of phenols is 1. The summed E-state index contributed by atoms with van der Waals surface area (Å²) >= 11 is 6.89. The lowest BCUT2D eigenvalue weighted by atomic mass is 9.83. The number of halogens is 1. The largest absolute Gasteiger partial charge is 0.508 e. The van der Waals surface area contributed by atoms with Gasteiger partial charge in [0.05, 0.1) is 49.6 Å². The van der Waals surface area contributed by atoms with E-state index in [4.69, 9.17) is 46.8 Å². The van der Waals surface area contributed by atoms with Crippen LogP contribution in [0.25, 0.3) is 5.57 Å². The number of anilines is 1. The van der Waals surface area contributed by atoms with Crippen molar-refractivity contribution in [3.63, 3.8) is 0 Å². The number of aliphatic carboxylic acids is 1. The molecule has 646 valence electrons. The van der Waals surface area contributed by atoms with Crippen LogP contribution in [0.15, 0.2) is 90.5 Å². The molecular formula is C80H108ClN11O22S4. The third kappa shape index (κ3) is 25.6. The fraction of sp³-hybridized carbons (Fsp3) is 0.550. The van der Waals surface area contributed by atoms with Gasteiger partial charge in [-0.3, -0.25) is 48.5 Å². The second-order valence-electron chi connectivity index (χ2n) is 30.3. The number of unbranched alkanes of at least 4 members (excludes halogenated alkanes) is 1. The summed E-state index contributed by atoms with van der Waals surface area (Å²) in [6.45, 7) is 9.18. The summed E-state index contributed by atoms with van der Waals surface area (Å²) in [5.41, 5.74) is 13.8. The lowest BCUT2D eigenvalue weighted by Gasteiger charge is -2.42. The summed E-state index contributed by atoms with van der Waals surface area (Å²) in [4.78, 5) is 173. The van der Waals surface area contributed by atoms with E-state index >= 15 is 9.59 Å². The highest BCUT2D eigenvalue weighted by Gasteiger charge is 2.65. The smallest absolute Gasteiger partial charge is 0.409 e. The summed E-state index contributed by atoms with van der Waals surface area (Å²) in [5.74, 6) is -12.5. The number of aromatic hydroxyl groups is 1. The van der Waals surface area contributed by atoms with Crippen LogP contribution in [-0.4, -0.2) is 256 Å². The Kier molecular flexibility index (Phi) is 35.2. The molecule has 38 heteroatoms. The zero-order chi connectivity index (χ0) is 86.6. The Morgan fingerprint density at radius 1 is 0.890 bits per heavy atom. The number of ether oxygens (including phenoxy) is 5. The number of ketones is 1. The van der Waals surface area contributed by atoms with Gasteiger partial charge in [-0.25, -0.2) is 14.4 Å². The zero-order valence-electron chi connectivity index (χ0n) is 67.4. The van der Waals surface area contributed by atoms with E-state index in [2.05, 4.69) is 37.2 Å². The van der Waals surface area contributed by atoms with Crippen molar-refractivity contribution >= 4 is 137 Å². The maximum Gasteiger partial charge on any atom is 0.409 e. The predicted molar refractivity (Wildman–Crippen MR) is 447 cm³/mol. The Labute approximate surface area is 705 Å². The number of amides is 9. The maximum atomic E-state index is 15.2. The van der Waals surface area contributed by atoms with Crippen molar-refractivity contribution in [3.05, 3.63) is 118 Å². The van der Waals surface area contributed by atoms with Gasteiger partial charge in [-0.05, 0) is 132 Å². The minimum atomic E-state index is -1.95. The molecule has 0 spiro atoms. The quantitative estimate of drug-likeness (QED) is 0.0237. The molecule has 9 amide bonds. The van der Waals surface area contributed by atoms with Crippen LogP contribution in [0.5, 0.6) is 11.5 Å². The number of carboxylic acids is 1. The molecule has 118 heavy (non-hydrogen) atoms. The summed E-state index contributed by atoms with van der Waals surface area (Å²) in [5, 5.41) is 71.8. The number of nitrogens with one attached hydrogen (secondary N) is 7. The second kappa shape index (κ2) is 43.7. The van der Waals surface area contributed by atoms with E-state index in [0.717, 1.165) is 72.4 Å². The Bertz CT molecular complexity index is 4240. The lowest BCUT2D eigenvalue weighted by molar-refractivity contribution is -0.162. The van der Waals surface area contributed by atoms with Gasteiger partial charge in [0.1, 0.15) is 70.6 Å². The SMILES string of the molecule is COc1cc2cc(c1Cl)N(C)C(=O)C[C@H](OC(=O)[C@H](C)N(C)C(=O)CCSSC[C@@H](N)C(=O)N[C@H]1CSSC[C@@H](C(=O)N[C@H](C(=O)O)[C@@H](C)O)NC(=O)[C@H]([C@@H](C)O)NC(=O)[C@H](CCCCN)NC(=O)[C@@H](CC3=CCc4ccccc43)NC(=O)[C@H](Cc3ccc(O)cc3)CC1=O)[C@]1(C)O[C@H]1[C@H](C)[C@@H]1C[C@@](O)(NC(=O)O1)[C@H](OC)/C=C/C=C(\C)C2. The summed E-state index contributed by atoms with van der Waals surface area (Å²) in [7, 11) is 9.78. The second-order valence-corrected chi connectivity index (χ2v) is 35.8. The number of aliphatic hydroxyl groups excluding tert-OH is 2. The Morgan fingerprint density at radius 2 is 1.58 bits per heavy atom. The van der Waals surface area contributed by atoms with Crippen LogP contribution in [-0.2, 0) is 90.9 Å². The van der Waals surface area contributed by atoms with Crippen LogP contribution in [0.3, 0.4) is 0 Å². The fourth-order valence-electron chi connectivity index (χ4n) is 14.1. The molecule has 3 saturated heterocycles. The molecular weight excluding hydrogens is 1630 g/mol. The van der Waals surface area contributed by atoms with Crippen molar-refractivity contribution < 1.29 is 107 Å². The number of likely N-dealkylation sites (N-methyl/N-ethyl adjacent to an activating group) is 1. The molecule has 8 rings (SSSR count). The molecule has 33 nitrogen and oxygen atoms in total. The average molecular weight is 1740 g/mol. The van der Waals surface area contributed by atoms with Gasteiger partial charge >= 0.3 is 18.0 Å². The molecule has 1 aliphatic carbocycles. The number of carboxylic acid groups (broad SMARTS) is 1. The van der Waals surface area contributed by atoms with Gasteiger partial charge in [-0.2, -0.15) is 0 Å². The molecule has 3 aromatic rings. The number of carbonyl (C=O) groups excluding carboxylic acids is 11. The first-order chi connectivity index (χ1) is 55.9. The van der Waals surface area contributed by atoms with Crippen molar-refractivity contribution in [3.8, 4) is 11.5 Å². The molecule has 4 aliphatic heterocycles. The van der Waals surface area contributed by atoms with Crippen LogP contribution in [0.1, 0.15) is 115 Å². The molecule has 0 saturated carbocycles. The van der Waals surface area contributed by atoms with Crippen molar-refractivity contribution in [2.75, 3.05) is 62.8 Å². The number of hydrogen-bond acceptors (Lipinski definition) is 27. The number of phenolic OH excluding ortho intramolecular Hbond substituents is 1. The summed E-state index contributed by atoms with van der Waals surface area (Å²) in [6.07, 6.45) is -1.56. The number of benzene rings is 3. The van der Waals surface area contributed by atoms with Gasteiger partial charge < -0.3 is 102 Å². The number of alkyl carbamates (subject to hydrolysis) is 1. The monoisotopic (exact) mass is 1740 g/mol. The fourth-order valence-corrected chi connectivity index (χ4v) is 18.9. The number of allylic oxidation sites excluding steroid dienone is 4. The zero-order valence-corrected chi connectivity index (χ0v) is 71.4. The minimum absolute atomic E-state index is 0.0539. The number of fused-ring (bicyclic) bond motifs is 6. The molecule has 0 aromatic heterocycles. The summed E-state index contributed by atoms with van der Waals surface area (Å²) < 4.78 is 29.7. The third-order valence-electron chi connectivity index (χ3n) is 21.4. The first-order valence-electron chi connectivity index (χ1n) is 38.7. The van der Waals surface area contributed by atoms with Gasteiger partial charge in [-0.15, -0.1) is 0 Å². The molecule has 16 N–H and O–H groups in total. The van der Waals surface area contributed by atoms with Crippen LogP contribution >= 0.6 is 54.8 Å². The number of epoxide rings is 1. The minimum Gasteiger partial charge on any atom is -0.508 e. The number of hydrogen-bond donors (Lipinski definition) is 14. The average Bonchev–Trinajstić information content (AvgIpc) is 1.57. The molecule has 4 heterocycles. The first-order valence-corrected chi connectivity index (χ1v) is 44.0. The van der Waals surface area contributed by atoms with Gasteiger partial charge in [0.25, 0.3) is 0 Å².